The van der Waals surface area contributed by atoms with Crippen molar-refractivity contribution < 1.29 is 14.3 Å². The monoisotopic (exact) mass is 402 g/mol. The van der Waals surface area contributed by atoms with E-state index in [1.165, 1.54) is 5.56 Å². The number of hydrazone groups is 1. The zero-order valence-corrected chi connectivity index (χ0v) is 15.6. The smallest absolute Gasteiger partial charge is 0.243 e. The first kappa shape index (κ1) is 17.5. The number of rotatable bonds is 6. The van der Waals surface area contributed by atoms with Gasteiger partial charge >= 0.3 is 0 Å². The van der Waals surface area contributed by atoms with E-state index in [1.807, 2.05) is 24.3 Å². The Hall–Kier alpha value is -2.34. The van der Waals surface area contributed by atoms with Gasteiger partial charge in [0.2, 0.25) is 5.91 Å². The van der Waals surface area contributed by atoms with Crippen molar-refractivity contribution in [3.8, 4) is 11.5 Å². The number of carbonyl (C=O) groups is 1. The first-order valence-corrected chi connectivity index (χ1v) is 8.72. The summed E-state index contributed by atoms with van der Waals surface area (Å²) in [7, 11) is 3.17. The number of methoxy groups -OCH3 is 2. The Morgan fingerprint density at radius 2 is 1.92 bits per heavy atom. The highest BCUT2D eigenvalue weighted by Crippen LogP contribution is 2.47. The zero-order valence-electron chi connectivity index (χ0n) is 14.0. The molecule has 0 radical (unpaired) electrons. The molecule has 1 fully saturated rings. The topological polar surface area (TPSA) is 59.9 Å². The van der Waals surface area contributed by atoms with Gasteiger partial charge in [0.05, 0.1) is 24.9 Å². The fraction of sp³-hybridized carbons (Fsp3) is 0.263. The number of ether oxygens (including phenoxy) is 2. The molecule has 25 heavy (non-hydrogen) atoms. The lowest BCUT2D eigenvalue weighted by molar-refractivity contribution is -0.122. The van der Waals surface area contributed by atoms with Crippen molar-refractivity contribution in [3.63, 3.8) is 0 Å². The number of nitrogens with zero attached hydrogens (tertiary/aromatic N) is 1. The van der Waals surface area contributed by atoms with Gasteiger partial charge in [-0.15, -0.1) is 0 Å². The van der Waals surface area contributed by atoms with E-state index in [0.717, 1.165) is 16.5 Å². The highest BCUT2D eigenvalue weighted by Gasteiger charge is 2.43. The Bertz CT molecular complexity index is 793. The average molecular weight is 403 g/mol. The average Bonchev–Trinajstić information content (AvgIpc) is 3.43. The van der Waals surface area contributed by atoms with Crippen molar-refractivity contribution >= 4 is 28.1 Å². The van der Waals surface area contributed by atoms with Gasteiger partial charge in [0, 0.05) is 17.5 Å². The number of amides is 1. The van der Waals surface area contributed by atoms with Gasteiger partial charge in [-0.3, -0.25) is 4.79 Å². The van der Waals surface area contributed by atoms with E-state index in [0.29, 0.717) is 17.4 Å². The number of halogens is 1. The van der Waals surface area contributed by atoms with E-state index < -0.39 is 0 Å². The first-order chi connectivity index (χ1) is 12.1. The van der Waals surface area contributed by atoms with Gasteiger partial charge in [-0.1, -0.05) is 30.3 Å². The molecule has 3 rings (SSSR count). The van der Waals surface area contributed by atoms with Crippen LogP contribution in [0.2, 0.25) is 0 Å². The minimum absolute atomic E-state index is 0.0101. The third-order valence-electron chi connectivity index (χ3n) is 4.24. The molecule has 0 saturated heterocycles. The molecule has 1 N–H and O–H groups in total. The first-order valence-electron chi connectivity index (χ1n) is 7.93. The number of carbonyl (C=O) groups excluding carboxylic acids is 1. The Labute approximate surface area is 155 Å². The lowest BCUT2D eigenvalue weighted by Gasteiger charge is -2.09. The van der Waals surface area contributed by atoms with Crippen molar-refractivity contribution in [1.82, 2.24) is 5.43 Å². The minimum atomic E-state index is -0.0587. The molecule has 1 saturated carbocycles. The molecule has 2 aromatic rings. The molecule has 0 bridgehead atoms. The van der Waals surface area contributed by atoms with Crippen molar-refractivity contribution in [2.75, 3.05) is 14.2 Å². The molecule has 0 aliphatic heterocycles. The van der Waals surface area contributed by atoms with E-state index >= 15 is 0 Å². The van der Waals surface area contributed by atoms with Gasteiger partial charge in [0.1, 0.15) is 11.5 Å². The standard InChI is InChI=1S/C19H19BrN2O3/c1-24-17-10-18(25-2)16(20)8-13(17)11-21-22-19(23)15-9-14(15)12-6-4-3-5-7-12/h3-8,10-11,14-15H,9H2,1-2H3,(H,22,23)/b21-11+. The molecule has 2 atom stereocenters. The van der Waals surface area contributed by atoms with Crippen molar-refractivity contribution in [3.05, 3.63) is 58.1 Å². The summed E-state index contributed by atoms with van der Waals surface area (Å²) in [6, 6.07) is 13.7. The second kappa shape index (κ2) is 7.70. The second-order valence-electron chi connectivity index (χ2n) is 5.82. The Morgan fingerprint density at radius 1 is 1.20 bits per heavy atom. The van der Waals surface area contributed by atoms with Crippen molar-refractivity contribution in [2.45, 2.75) is 12.3 Å². The van der Waals surface area contributed by atoms with Gasteiger partial charge in [0.25, 0.3) is 0 Å². The summed E-state index contributed by atoms with van der Waals surface area (Å²) in [4.78, 5) is 12.2. The summed E-state index contributed by atoms with van der Waals surface area (Å²) in [5.74, 6) is 1.51. The molecule has 0 heterocycles. The Kier molecular flexibility index (Phi) is 5.38. The summed E-state index contributed by atoms with van der Waals surface area (Å²) in [5.41, 5.74) is 4.56. The molecule has 0 aromatic heterocycles. The summed E-state index contributed by atoms with van der Waals surface area (Å²) in [6.45, 7) is 0. The van der Waals surface area contributed by atoms with Crippen LogP contribution in [0.4, 0.5) is 0 Å². The van der Waals surface area contributed by atoms with Gasteiger partial charge < -0.3 is 9.47 Å². The summed E-state index contributed by atoms with van der Waals surface area (Å²) >= 11 is 3.43. The second-order valence-corrected chi connectivity index (χ2v) is 6.68. The minimum Gasteiger partial charge on any atom is -0.496 e. The van der Waals surface area contributed by atoms with Crippen LogP contribution in [0.25, 0.3) is 0 Å². The summed E-state index contributed by atoms with van der Waals surface area (Å²) < 4.78 is 11.4. The lowest BCUT2D eigenvalue weighted by Crippen LogP contribution is -2.20. The Balaban J connectivity index is 1.62. The molecule has 6 heteroatoms. The molecule has 1 aliphatic carbocycles. The lowest BCUT2D eigenvalue weighted by atomic mass is 10.1. The van der Waals surface area contributed by atoms with Gasteiger partial charge in [-0.25, -0.2) is 5.43 Å². The molecule has 1 aliphatic rings. The molecule has 130 valence electrons. The highest BCUT2D eigenvalue weighted by atomic mass is 79.9. The largest absolute Gasteiger partial charge is 0.496 e. The molecule has 1 amide bonds. The molecular formula is C19H19BrN2O3. The molecule has 2 aromatic carbocycles. The van der Waals surface area contributed by atoms with Crippen LogP contribution in [0.1, 0.15) is 23.5 Å². The van der Waals surface area contributed by atoms with E-state index in [-0.39, 0.29) is 11.8 Å². The van der Waals surface area contributed by atoms with Crippen LogP contribution in [0.5, 0.6) is 11.5 Å². The maximum absolute atomic E-state index is 12.2. The summed E-state index contributed by atoms with van der Waals surface area (Å²) in [6.07, 6.45) is 2.43. The van der Waals surface area contributed by atoms with Crippen LogP contribution in [0, 0.1) is 5.92 Å². The molecule has 0 spiro atoms. The maximum atomic E-state index is 12.2. The van der Waals surface area contributed by atoms with Gasteiger partial charge in [-0.05, 0) is 39.9 Å². The Morgan fingerprint density at radius 3 is 2.60 bits per heavy atom. The van der Waals surface area contributed by atoms with Crippen LogP contribution < -0.4 is 14.9 Å². The quantitative estimate of drug-likeness (QED) is 0.591. The van der Waals surface area contributed by atoms with Crippen LogP contribution in [-0.2, 0) is 4.79 Å². The zero-order chi connectivity index (χ0) is 17.8. The number of nitrogens with one attached hydrogen (secondary N) is 1. The molecule has 5 nitrogen and oxygen atoms in total. The fourth-order valence-electron chi connectivity index (χ4n) is 2.79. The predicted octanol–water partition coefficient (Wildman–Crippen LogP) is 3.72. The SMILES string of the molecule is COc1cc(OC)c(/C=N/NC(=O)C2CC2c2ccccc2)cc1Br. The normalized spacial score (nSPS) is 18.8. The van der Waals surface area contributed by atoms with Crippen molar-refractivity contribution in [1.29, 1.82) is 0 Å². The van der Waals surface area contributed by atoms with Crippen LogP contribution in [0.3, 0.4) is 0 Å². The van der Waals surface area contributed by atoms with E-state index in [4.69, 9.17) is 9.47 Å². The number of benzene rings is 2. The van der Waals surface area contributed by atoms with E-state index in [1.54, 1.807) is 26.5 Å². The number of hydrogen-bond donors (Lipinski definition) is 1. The van der Waals surface area contributed by atoms with Gasteiger partial charge in [-0.2, -0.15) is 5.10 Å². The number of hydrogen-bond acceptors (Lipinski definition) is 4. The molecular weight excluding hydrogens is 384 g/mol. The fourth-order valence-corrected chi connectivity index (χ4v) is 3.31. The maximum Gasteiger partial charge on any atom is 0.243 e. The van der Waals surface area contributed by atoms with Crippen LogP contribution >= 0.6 is 15.9 Å². The third-order valence-corrected chi connectivity index (χ3v) is 4.86. The van der Waals surface area contributed by atoms with Gasteiger partial charge in [0.15, 0.2) is 0 Å². The predicted molar refractivity (Wildman–Crippen MR) is 100 cm³/mol. The van der Waals surface area contributed by atoms with Crippen LogP contribution in [-0.4, -0.2) is 26.3 Å². The third kappa shape index (κ3) is 4.02. The van der Waals surface area contributed by atoms with E-state index in [2.05, 4.69) is 38.6 Å². The van der Waals surface area contributed by atoms with E-state index in [9.17, 15) is 4.79 Å². The molecule has 2 unspecified atom stereocenters. The van der Waals surface area contributed by atoms with Crippen LogP contribution in [0.15, 0.2) is 52.0 Å². The summed E-state index contributed by atoms with van der Waals surface area (Å²) in [5, 5.41) is 4.07. The highest BCUT2D eigenvalue weighted by molar-refractivity contribution is 9.10. The van der Waals surface area contributed by atoms with Crippen molar-refractivity contribution in [2.24, 2.45) is 11.0 Å².